The van der Waals surface area contributed by atoms with Crippen LogP contribution in [0.25, 0.3) is 22.3 Å². The van der Waals surface area contributed by atoms with Gasteiger partial charge in [0.05, 0.1) is 38.0 Å². The van der Waals surface area contributed by atoms with E-state index in [0.29, 0.717) is 49.2 Å². The van der Waals surface area contributed by atoms with Gasteiger partial charge in [0.15, 0.2) is 11.5 Å². The predicted molar refractivity (Wildman–Crippen MR) is 155 cm³/mol. The molecule has 10 heteroatoms. The van der Waals surface area contributed by atoms with Gasteiger partial charge in [0.25, 0.3) is 0 Å². The highest BCUT2D eigenvalue weighted by Gasteiger charge is 2.37. The first kappa shape index (κ1) is 29.2. The van der Waals surface area contributed by atoms with Gasteiger partial charge in [-0.25, -0.2) is 0 Å². The molecular weight excluding hydrogens is 548 g/mol. The molecule has 3 aromatic rings. The average molecular weight is 583 g/mol. The summed E-state index contributed by atoms with van der Waals surface area (Å²) in [6.07, 6.45) is 1.46. The molecule has 9 nitrogen and oxygen atoms in total. The van der Waals surface area contributed by atoms with Crippen LogP contribution in [0, 0.1) is 0 Å². The number of amides is 1. The van der Waals surface area contributed by atoms with Crippen LogP contribution in [-0.2, 0) is 11.3 Å². The summed E-state index contributed by atoms with van der Waals surface area (Å²) in [4.78, 5) is 15.1. The van der Waals surface area contributed by atoms with Crippen molar-refractivity contribution in [1.82, 2.24) is 10.2 Å². The molecule has 41 heavy (non-hydrogen) atoms. The monoisotopic (exact) mass is 582 g/mol. The molecule has 1 amide bonds. The number of carbonyl (C=O) groups excluding carboxylic acids is 1. The Balaban J connectivity index is 1.37. The number of ether oxygens (including phenoxy) is 3. The highest BCUT2D eigenvalue weighted by Crippen LogP contribution is 2.41. The number of nitrogens with one attached hydrogen (secondary N) is 1. The van der Waals surface area contributed by atoms with E-state index in [-0.39, 0.29) is 5.91 Å². The molecule has 1 atom stereocenters. The minimum Gasteiger partial charge on any atom is -0.496 e. The molecule has 0 radical (unpaired) electrons. The summed E-state index contributed by atoms with van der Waals surface area (Å²) in [7, 11) is 1.61. The van der Waals surface area contributed by atoms with Crippen molar-refractivity contribution in [1.29, 1.82) is 0 Å². The summed E-state index contributed by atoms with van der Waals surface area (Å²) in [5.41, 5.74) is 3.00. The predicted octanol–water partition coefficient (Wildman–Crippen LogP) is 3.25. The van der Waals surface area contributed by atoms with Crippen LogP contribution in [0.1, 0.15) is 18.4 Å². The molecule has 0 aromatic heterocycles. The summed E-state index contributed by atoms with van der Waals surface area (Å²) in [6.45, 7) is 0.524. The van der Waals surface area contributed by atoms with Crippen LogP contribution in [-0.4, -0.2) is 84.4 Å². The van der Waals surface area contributed by atoms with Crippen molar-refractivity contribution in [3.8, 4) is 39.5 Å². The highest BCUT2D eigenvalue weighted by molar-refractivity contribution is 6.36. The second kappa shape index (κ2) is 12.7. The normalized spacial score (nSPS) is 17.0. The summed E-state index contributed by atoms with van der Waals surface area (Å²) >= 11 is 6.96. The Labute approximate surface area is 244 Å². The van der Waals surface area contributed by atoms with Crippen molar-refractivity contribution in [2.24, 2.45) is 0 Å². The Hall–Kier alpha value is -3.34. The quantitative estimate of drug-likeness (QED) is 0.288. The largest absolute Gasteiger partial charge is 0.496 e. The van der Waals surface area contributed by atoms with E-state index >= 15 is 0 Å². The van der Waals surface area contributed by atoms with Gasteiger partial charge in [-0.1, -0.05) is 48.0 Å². The van der Waals surface area contributed by atoms with Gasteiger partial charge in [0, 0.05) is 23.2 Å². The summed E-state index contributed by atoms with van der Waals surface area (Å²) in [6, 6.07) is 17.2. The minimum absolute atomic E-state index is 0.335. The maximum Gasteiger partial charge on any atom is 0.238 e. The van der Waals surface area contributed by atoms with E-state index < -0.39 is 31.4 Å². The van der Waals surface area contributed by atoms with E-state index in [0.717, 1.165) is 40.0 Å². The minimum atomic E-state index is -1.46. The molecule has 0 saturated carbocycles. The van der Waals surface area contributed by atoms with Crippen molar-refractivity contribution in [3.63, 3.8) is 0 Å². The summed E-state index contributed by atoms with van der Waals surface area (Å²) in [5.74, 6) is 1.76. The molecule has 0 spiro atoms. The first-order valence-corrected chi connectivity index (χ1v) is 14.0. The summed E-state index contributed by atoms with van der Waals surface area (Å²) < 4.78 is 17.2. The number of halogens is 1. The molecule has 4 N–H and O–H groups in total. The fraction of sp³-hybridized carbons (Fsp3) is 0.387. The molecule has 0 bridgehead atoms. The van der Waals surface area contributed by atoms with Gasteiger partial charge in [-0.15, -0.1) is 0 Å². The SMILES string of the molecule is COc1cc(-c2cccc(-c3ccc4c(c3)OCCO4)c2Cl)ccc1CN1CCCC1C(=O)NC(CO)(CO)CO. The Morgan fingerprint density at radius 1 is 1.00 bits per heavy atom. The number of rotatable bonds is 10. The van der Waals surface area contributed by atoms with Gasteiger partial charge >= 0.3 is 0 Å². The van der Waals surface area contributed by atoms with Gasteiger partial charge < -0.3 is 34.8 Å². The standard InChI is InChI=1S/C31H35ClN2O7/c1-39-27-14-20(23-4-2-5-24(29(23)32)21-9-10-26-28(15-21)41-13-12-40-26)7-8-22(27)16-34-11-3-6-25(34)30(38)33-31(17-35,18-36)19-37/h2,4-5,7-10,14-15,25,35-37H,3,6,11-13,16-19H2,1H3,(H,33,38). The Morgan fingerprint density at radius 2 is 1.66 bits per heavy atom. The summed E-state index contributed by atoms with van der Waals surface area (Å²) in [5, 5.41) is 32.1. The fourth-order valence-corrected chi connectivity index (χ4v) is 5.72. The third-order valence-electron chi connectivity index (χ3n) is 7.79. The number of carbonyl (C=O) groups is 1. The zero-order valence-corrected chi connectivity index (χ0v) is 23.7. The Bertz CT molecular complexity index is 1390. The van der Waals surface area contributed by atoms with Gasteiger partial charge in [-0.2, -0.15) is 0 Å². The van der Waals surface area contributed by atoms with Crippen LogP contribution in [0.2, 0.25) is 5.02 Å². The van der Waals surface area contributed by atoms with E-state index in [1.807, 2.05) is 59.5 Å². The third-order valence-corrected chi connectivity index (χ3v) is 8.19. The van der Waals surface area contributed by atoms with E-state index in [2.05, 4.69) is 5.32 Å². The van der Waals surface area contributed by atoms with Crippen molar-refractivity contribution in [2.45, 2.75) is 31.0 Å². The van der Waals surface area contributed by atoms with Crippen molar-refractivity contribution in [2.75, 3.05) is 46.7 Å². The lowest BCUT2D eigenvalue weighted by Crippen LogP contribution is -2.60. The lowest BCUT2D eigenvalue weighted by atomic mass is 9.97. The lowest BCUT2D eigenvalue weighted by Gasteiger charge is -2.32. The molecule has 1 unspecified atom stereocenters. The van der Waals surface area contributed by atoms with Crippen molar-refractivity contribution >= 4 is 17.5 Å². The fourth-order valence-electron chi connectivity index (χ4n) is 5.38. The van der Waals surface area contributed by atoms with Crippen LogP contribution in [0.4, 0.5) is 0 Å². The molecule has 2 aliphatic heterocycles. The maximum absolute atomic E-state index is 13.1. The maximum atomic E-state index is 13.1. The molecule has 3 aromatic carbocycles. The Kier molecular flexibility index (Phi) is 9.01. The molecule has 2 heterocycles. The average Bonchev–Trinajstić information content (AvgIpc) is 3.48. The second-order valence-corrected chi connectivity index (χ2v) is 10.8. The molecule has 218 valence electrons. The second-order valence-electron chi connectivity index (χ2n) is 10.4. The lowest BCUT2D eigenvalue weighted by molar-refractivity contribution is -0.130. The first-order chi connectivity index (χ1) is 19.9. The van der Waals surface area contributed by atoms with Gasteiger partial charge in [-0.05, 0) is 48.7 Å². The molecule has 1 saturated heterocycles. The third kappa shape index (κ3) is 6.00. The van der Waals surface area contributed by atoms with E-state index in [9.17, 15) is 20.1 Å². The number of aliphatic hydroxyl groups is 3. The van der Waals surface area contributed by atoms with Crippen LogP contribution < -0.4 is 19.5 Å². The smallest absolute Gasteiger partial charge is 0.238 e. The zero-order valence-electron chi connectivity index (χ0n) is 22.9. The topological polar surface area (TPSA) is 121 Å². The van der Waals surface area contributed by atoms with E-state index in [1.165, 1.54) is 0 Å². The highest BCUT2D eigenvalue weighted by atomic mass is 35.5. The van der Waals surface area contributed by atoms with Crippen LogP contribution in [0.3, 0.4) is 0 Å². The molecular formula is C31H35ClN2O7. The van der Waals surface area contributed by atoms with E-state index in [1.54, 1.807) is 7.11 Å². The van der Waals surface area contributed by atoms with Crippen LogP contribution >= 0.6 is 11.6 Å². The zero-order chi connectivity index (χ0) is 29.0. The molecule has 2 aliphatic rings. The van der Waals surface area contributed by atoms with E-state index in [4.69, 9.17) is 25.8 Å². The number of aliphatic hydroxyl groups excluding tert-OH is 3. The number of methoxy groups -OCH3 is 1. The first-order valence-electron chi connectivity index (χ1n) is 13.7. The van der Waals surface area contributed by atoms with Gasteiger partial charge in [0.2, 0.25) is 5.91 Å². The number of benzene rings is 3. The van der Waals surface area contributed by atoms with Crippen LogP contribution in [0.5, 0.6) is 17.2 Å². The van der Waals surface area contributed by atoms with Gasteiger partial charge in [0.1, 0.15) is 24.5 Å². The number of hydrogen-bond acceptors (Lipinski definition) is 8. The molecule has 5 rings (SSSR count). The van der Waals surface area contributed by atoms with Gasteiger partial charge in [-0.3, -0.25) is 9.69 Å². The number of fused-ring (bicyclic) bond motifs is 1. The molecule has 0 aliphatic carbocycles. The van der Waals surface area contributed by atoms with Crippen molar-refractivity contribution in [3.05, 3.63) is 65.2 Å². The Morgan fingerprint density at radius 3 is 2.34 bits per heavy atom. The number of nitrogens with zero attached hydrogens (tertiary/aromatic N) is 1. The van der Waals surface area contributed by atoms with Crippen LogP contribution in [0.15, 0.2) is 54.6 Å². The number of hydrogen-bond donors (Lipinski definition) is 4. The number of likely N-dealkylation sites (tertiary alicyclic amines) is 1. The molecule has 1 fully saturated rings. The van der Waals surface area contributed by atoms with Crippen molar-refractivity contribution < 1.29 is 34.3 Å².